The van der Waals surface area contributed by atoms with Crippen molar-refractivity contribution >= 4 is 0 Å². The van der Waals surface area contributed by atoms with Gasteiger partial charge < -0.3 is 9.84 Å². The Hall–Kier alpha value is -0.0800. The third-order valence-corrected chi connectivity index (χ3v) is 3.36. The summed E-state index contributed by atoms with van der Waals surface area (Å²) in [6.45, 7) is 3.61. The molecule has 0 aliphatic heterocycles. The molecule has 1 saturated carbocycles. The molecule has 1 unspecified atom stereocenters. The maximum Gasteiger partial charge on any atom is 0.0543 e. The summed E-state index contributed by atoms with van der Waals surface area (Å²) in [7, 11) is 0. The highest BCUT2D eigenvalue weighted by atomic mass is 16.5. The van der Waals surface area contributed by atoms with Crippen molar-refractivity contribution in [3.63, 3.8) is 0 Å². The van der Waals surface area contributed by atoms with Crippen LogP contribution in [0.2, 0.25) is 0 Å². The second kappa shape index (κ2) is 8.12. The lowest BCUT2D eigenvalue weighted by atomic mass is 9.85. The summed E-state index contributed by atoms with van der Waals surface area (Å²) >= 11 is 0. The Bertz CT molecular complexity index is 141. The van der Waals surface area contributed by atoms with Gasteiger partial charge in [0.05, 0.1) is 6.10 Å². The van der Waals surface area contributed by atoms with E-state index >= 15 is 0 Å². The number of ether oxygens (including phenoxy) is 1. The zero-order chi connectivity index (χ0) is 10.9. The number of aliphatic hydroxyl groups is 1. The monoisotopic (exact) mass is 214 g/mol. The van der Waals surface area contributed by atoms with Gasteiger partial charge in [-0.3, -0.25) is 0 Å². The Kier molecular flexibility index (Phi) is 7.03. The van der Waals surface area contributed by atoms with E-state index in [1.807, 2.05) is 6.92 Å². The van der Waals surface area contributed by atoms with Gasteiger partial charge in [0.2, 0.25) is 0 Å². The summed E-state index contributed by atoms with van der Waals surface area (Å²) in [4.78, 5) is 0. The molecule has 1 rings (SSSR count). The normalized spacial score (nSPS) is 20.4. The van der Waals surface area contributed by atoms with Crippen molar-refractivity contribution in [3.05, 3.63) is 0 Å². The molecule has 15 heavy (non-hydrogen) atoms. The Morgan fingerprint density at radius 3 is 2.67 bits per heavy atom. The standard InChI is InChI=1S/C13H26O2/c1-2-15-10-6-9-13(14)11-12-7-4-3-5-8-12/h12-14H,2-11H2,1H3. The Morgan fingerprint density at radius 2 is 2.00 bits per heavy atom. The quantitative estimate of drug-likeness (QED) is 0.660. The van der Waals surface area contributed by atoms with E-state index < -0.39 is 0 Å². The summed E-state index contributed by atoms with van der Waals surface area (Å²) in [5.41, 5.74) is 0. The first-order valence-electron chi connectivity index (χ1n) is 6.58. The molecular weight excluding hydrogens is 188 g/mol. The van der Waals surface area contributed by atoms with Crippen molar-refractivity contribution in [2.45, 2.75) is 64.4 Å². The van der Waals surface area contributed by atoms with Crippen molar-refractivity contribution in [2.24, 2.45) is 5.92 Å². The van der Waals surface area contributed by atoms with E-state index in [1.54, 1.807) is 0 Å². The van der Waals surface area contributed by atoms with Crippen molar-refractivity contribution in [2.75, 3.05) is 13.2 Å². The second-order valence-corrected chi connectivity index (χ2v) is 4.73. The first kappa shape index (κ1) is 13.0. The van der Waals surface area contributed by atoms with Gasteiger partial charge in [-0.05, 0) is 32.1 Å². The smallest absolute Gasteiger partial charge is 0.0543 e. The fourth-order valence-corrected chi connectivity index (χ4v) is 2.49. The van der Waals surface area contributed by atoms with Crippen LogP contribution in [0.15, 0.2) is 0 Å². The molecule has 0 aromatic carbocycles. The van der Waals surface area contributed by atoms with Gasteiger partial charge >= 0.3 is 0 Å². The van der Waals surface area contributed by atoms with Gasteiger partial charge in [0.1, 0.15) is 0 Å². The van der Waals surface area contributed by atoms with Gasteiger partial charge in [-0.2, -0.15) is 0 Å². The molecule has 1 N–H and O–H groups in total. The number of aliphatic hydroxyl groups excluding tert-OH is 1. The highest BCUT2D eigenvalue weighted by Crippen LogP contribution is 2.28. The predicted octanol–water partition coefficient (Wildman–Crippen LogP) is 3.13. The van der Waals surface area contributed by atoms with Gasteiger partial charge in [-0.25, -0.2) is 0 Å². The van der Waals surface area contributed by atoms with E-state index in [0.29, 0.717) is 0 Å². The first-order chi connectivity index (χ1) is 7.33. The minimum atomic E-state index is -0.0893. The van der Waals surface area contributed by atoms with E-state index in [2.05, 4.69) is 0 Å². The van der Waals surface area contributed by atoms with Crippen molar-refractivity contribution in [1.82, 2.24) is 0 Å². The van der Waals surface area contributed by atoms with E-state index in [-0.39, 0.29) is 6.10 Å². The van der Waals surface area contributed by atoms with E-state index in [9.17, 15) is 5.11 Å². The van der Waals surface area contributed by atoms with Gasteiger partial charge in [0, 0.05) is 13.2 Å². The summed E-state index contributed by atoms with van der Waals surface area (Å²) in [6, 6.07) is 0. The topological polar surface area (TPSA) is 29.5 Å². The molecule has 1 atom stereocenters. The highest BCUT2D eigenvalue weighted by molar-refractivity contribution is 4.69. The molecular formula is C13H26O2. The lowest BCUT2D eigenvalue weighted by Gasteiger charge is -2.23. The van der Waals surface area contributed by atoms with Crippen molar-refractivity contribution < 1.29 is 9.84 Å². The molecule has 2 nitrogen and oxygen atoms in total. The van der Waals surface area contributed by atoms with Crippen LogP contribution in [0.25, 0.3) is 0 Å². The van der Waals surface area contributed by atoms with Crippen LogP contribution in [-0.2, 0) is 4.74 Å². The van der Waals surface area contributed by atoms with Crippen molar-refractivity contribution in [1.29, 1.82) is 0 Å². The average Bonchev–Trinajstić information content (AvgIpc) is 2.26. The van der Waals surface area contributed by atoms with E-state index in [4.69, 9.17) is 4.74 Å². The van der Waals surface area contributed by atoms with Crippen LogP contribution in [0.3, 0.4) is 0 Å². The third kappa shape index (κ3) is 6.16. The highest BCUT2D eigenvalue weighted by Gasteiger charge is 2.16. The maximum atomic E-state index is 9.85. The van der Waals surface area contributed by atoms with E-state index in [0.717, 1.165) is 38.4 Å². The molecule has 0 aromatic heterocycles. The lowest BCUT2D eigenvalue weighted by molar-refractivity contribution is 0.0948. The second-order valence-electron chi connectivity index (χ2n) is 4.73. The van der Waals surface area contributed by atoms with Gasteiger partial charge in [-0.1, -0.05) is 32.1 Å². The van der Waals surface area contributed by atoms with Crippen LogP contribution in [0.4, 0.5) is 0 Å². The third-order valence-electron chi connectivity index (χ3n) is 3.36. The number of hydrogen-bond donors (Lipinski definition) is 1. The largest absolute Gasteiger partial charge is 0.393 e. The summed E-state index contributed by atoms with van der Waals surface area (Å²) < 4.78 is 5.26. The summed E-state index contributed by atoms with van der Waals surface area (Å²) in [6.07, 6.45) is 9.66. The molecule has 90 valence electrons. The zero-order valence-electron chi connectivity index (χ0n) is 10.1. The van der Waals surface area contributed by atoms with Gasteiger partial charge in [0.25, 0.3) is 0 Å². The van der Waals surface area contributed by atoms with Crippen LogP contribution in [0.1, 0.15) is 58.3 Å². The van der Waals surface area contributed by atoms with Gasteiger partial charge in [0.15, 0.2) is 0 Å². The molecule has 0 bridgehead atoms. The fraction of sp³-hybridized carbons (Fsp3) is 1.00. The number of hydrogen-bond acceptors (Lipinski definition) is 2. The van der Waals surface area contributed by atoms with Crippen LogP contribution < -0.4 is 0 Å². The maximum absolute atomic E-state index is 9.85. The molecule has 1 aliphatic carbocycles. The molecule has 0 aromatic rings. The summed E-state index contributed by atoms with van der Waals surface area (Å²) in [5.74, 6) is 0.792. The molecule has 1 aliphatic rings. The zero-order valence-corrected chi connectivity index (χ0v) is 10.1. The average molecular weight is 214 g/mol. The SMILES string of the molecule is CCOCCCC(O)CC1CCCCC1. The Balaban J connectivity index is 1.98. The van der Waals surface area contributed by atoms with Crippen LogP contribution in [-0.4, -0.2) is 24.4 Å². The molecule has 0 spiro atoms. The lowest BCUT2D eigenvalue weighted by Crippen LogP contribution is -2.16. The molecule has 0 saturated heterocycles. The van der Waals surface area contributed by atoms with Crippen LogP contribution in [0.5, 0.6) is 0 Å². The number of rotatable bonds is 7. The first-order valence-corrected chi connectivity index (χ1v) is 6.58. The Labute approximate surface area is 94.0 Å². The molecule has 0 amide bonds. The predicted molar refractivity (Wildman–Crippen MR) is 62.9 cm³/mol. The molecule has 2 heteroatoms. The fourth-order valence-electron chi connectivity index (χ4n) is 2.49. The molecule has 0 radical (unpaired) electrons. The molecule has 1 fully saturated rings. The van der Waals surface area contributed by atoms with Gasteiger partial charge in [-0.15, -0.1) is 0 Å². The van der Waals surface area contributed by atoms with Crippen molar-refractivity contribution in [3.8, 4) is 0 Å². The van der Waals surface area contributed by atoms with Crippen LogP contribution in [0, 0.1) is 5.92 Å². The Morgan fingerprint density at radius 1 is 1.27 bits per heavy atom. The molecule has 0 heterocycles. The summed E-state index contributed by atoms with van der Waals surface area (Å²) in [5, 5.41) is 9.85. The minimum Gasteiger partial charge on any atom is -0.393 e. The minimum absolute atomic E-state index is 0.0893. The van der Waals surface area contributed by atoms with E-state index in [1.165, 1.54) is 32.1 Å². The van der Waals surface area contributed by atoms with Crippen LogP contribution >= 0.6 is 0 Å².